The van der Waals surface area contributed by atoms with Crippen LogP contribution in [0.5, 0.6) is 11.5 Å². The second kappa shape index (κ2) is 9.65. The van der Waals surface area contributed by atoms with Gasteiger partial charge >= 0.3 is 6.03 Å². The van der Waals surface area contributed by atoms with Crippen molar-refractivity contribution < 1.29 is 19.2 Å². The largest absolute Gasteiger partial charge is 0.493 e. The predicted octanol–water partition coefficient (Wildman–Crippen LogP) is 2.09. The van der Waals surface area contributed by atoms with E-state index in [1.807, 2.05) is 13.0 Å². The molecule has 0 saturated heterocycles. The number of quaternary nitrogens is 1. The third kappa shape index (κ3) is 4.82. The first kappa shape index (κ1) is 21.0. The van der Waals surface area contributed by atoms with E-state index in [4.69, 9.17) is 9.47 Å². The maximum Gasteiger partial charge on any atom is 0.315 e. The lowest BCUT2D eigenvalue weighted by Gasteiger charge is -2.38. The van der Waals surface area contributed by atoms with Gasteiger partial charge in [0.15, 0.2) is 11.5 Å². The second-order valence-electron chi connectivity index (χ2n) is 7.50. The summed E-state index contributed by atoms with van der Waals surface area (Å²) in [4.78, 5) is 13.7. The van der Waals surface area contributed by atoms with E-state index in [2.05, 4.69) is 54.0 Å². The first-order valence-corrected chi connectivity index (χ1v) is 10.2. The number of nitrogens with one attached hydrogen (secondary N) is 3. The molecule has 0 radical (unpaired) electrons. The van der Waals surface area contributed by atoms with Crippen molar-refractivity contribution in [3.8, 4) is 11.5 Å². The molecule has 6 heteroatoms. The van der Waals surface area contributed by atoms with Crippen molar-refractivity contribution in [1.82, 2.24) is 10.6 Å². The van der Waals surface area contributed by atoms with Gasteiger partial charge in [0.05, 0.1) is 26.8 Å². The molecule has 2 amide bonds. The normalized spacial score (nSPS) is 19.0. The zero-order valence-electron chi connectivity index (χ0n) is 17.7. The summed E-state index contributed by atoms with van der Waals surface area (Å²) in [5.41, 5.74) is 3.76. The van der Waals surface area contributed by atoms with Crippen LogP contribution < -0.4 is 25.0 Å². The molecular formula is C23H32N3O3+. The highest BCUT2D eigenvalue weighted by molar-refractivity contribution is 5.74. The molecule has 0 bridgehead atoms. The zero-order valence-corrected chi connectivity index (χ0v) is 17.7. The van der Waals surface area contributed by atoms with Crippen molar-refractivity contribution in [1.29, 1.82) is 0 Å². The van der Waals surface area contributed by atoms with Gasteiger partial charge in [-0.15, -0.1) is 0 Å². The Bertz CT molecular complexity index is 826. The van der Waals surface area contributed by atoms with Crippen molar-refractivity contribution in [2.75, 3.05) is 27.3 Å². The number of fused-ring (bicyclic) bond motifs is 1. The smallest absolute Gasteiger partial charge is 0.315 e. The Balaban J connectivity index is 1.96. The Morgan fingerprint density at radius 3 is 2.52 bits per heavy atom. The minimum absolute atomic E-state index is 0.0441. The fourth-order valence-corrected chi connectivity index (χ4v) is 4.29. The monoisotopic (exact) mass is 398 g/mol. The summed E-state index contributed by atoms with van der Waals surface area (Å²) in [5.74, 6) is 1.48. The highest BCUT2D eigenvalue weighted by Gasteiger charge is 2.37. The molecule has 0 fully saturated rings. The molecule has 156 valence electrons. The summed E-state index contributed by atoms with van der Waals surface area (Å²) in [6.45, 7) is 6.50. The van der Waals surface area contributed by atoms with Gasteiger partial charge in [-0.05, 0) is 31.5 Å². The van der Waals surface area contributed by atoms with Gasteiger partial charge in [0.2, 0.25) is 0 Å². The van der Waals surface area contributed by atoms with Crippen LogP contribution in [0.2, 0.25) is 0 Å². The standard InChI is InChI=1S/C23H31N3O3/c1-5-24-23(27)25-16(2)22-19-14-21(29-4)20(28-3)13-18(19)11-12-26(22)15-17-9-7-6-8-10-17/h6-10,13-14,16,22H,5,11-12,15H2,1-4H3,(H2,24,25,27)/p+1/t16-,22+/m1/s1. The Morgan fingerprint density at radius 1 is 1.17 bits per heavy atom. The molecule has 1 heterocycles. The number of urea groups is 1. The minimum atomic E-state index is -0.133. The van der Waals surface area contributed by atoms with Gasteiger partial charge in [0.25, 0.3) is 0 Å². The number of carbonyl (C=O) groups excluding carboxylic acids is 1. The Hall–Kier alpha value is -2.73. The van der Waals surface area contributed by atoms with Gasteiger partial charge in [-0.3, -0.25) is 0 Å². The number of carbonyl (C=O) groups is 1. The highest BCUT2D eigenvalue weighted by atomic mass is 16.5. The number of ether oxygens (including phenoxy) is 2. The summed E-state index contributed by atoms with van der Waals surface area (Å²) >= 11 is 0. The molecule has 2 aromatic carbocycles. The molecule has 3 N–H and O–H groups in total. The molecule has 6 nitrogen and oxygen atoms in total. The number of hydrogen-bond donors (Lipinski definition) is 3. The fourth-order valence-electron chi connectivity index (χ4n) is 4.29. The highest BCUT2D eigenvalue weighted by Crippen LogP contribution is 2.35. The van der Waals surface area contributed by atoms with Crippen molar-refractivity contribution in [3.05, 3.63) is 59.2 Å². The van der Waals surface area contributed by atoms with Gasteiger partial charge in [-0.25, -0.2) is 4.79 Å². The van der Waals surface area contributed by atoms with E-state index >= 15 is 0 Å². The van der Waals surface area contributed by atoms with E-state index in [1.54, 1.807) is 14.2 Å². The van der Waals surface area contributed by atoms with Crippen molar-refractivity contribution >= 4 is 6.03 Å². The van der Waals surface area contributed by atoms with Gasteiger partial charge in [0.1, 0.15) is 12.6 Å². The van der Waals surface area contributed by atoms with Crippen LogP contribution in [0.3, 0.4) is 0 Å². The molecule has 0 saturated carbocycles. The molecule has 0 aromatic heterocycles. The average Bonchev–Trinajstić information content (AvgIpc) is 2.73. The van der Waals surface area contributed by atoms with Gasteiger partial charge in [-0.2, -0.15) is 0 Å². The van der Waals surface area contributed by atoms with Crippen molar-refractivity contribution in [2.45, 2.75) is 38.9 Å². The van der Waals surface area contributed by atoms with E-state index in [9.17, 15) is 4.79 Å². The van der Waals surface area contributed by atoms with E-state index in [1.165, 1.54) is 21.6 Å². The Labute approximate surface area is 173 Å². The fraction of sp³-hybridized carbons (Fsp3) is 0.435. The molecule has 3 rings (SSSR count). The van der Waals surface area contributed by atoms with E-state index in [0.717, 1.165) is 31.0 Å². The summed E-state index contributed by atoms with van der Waals surface area (Å²) in [5, 5.41) is 5.97. The predicted molar refractivity (Wildman–Crippen MR) is 114 cm³/mol. The van der Waals surface area contributed by atoms with Crippen LogP contribution in [-0.2, 0) is 13.0 Å². The lowest BCUT2D eigenvalue weighted by molar-refractivity contribution is -0.948. The first-order chi connectivity index (χ1) is 14.1. The van der Waals surface area contributed by atoms with Crippen LogP contribution in [0, 0.1) is 0 Å². The SMILES string of the molecule is CCNC(=O)N[C@H](C)[C@H]1c2cc(OC)c(OC)cc2CC[NH+]1Cc1ccccc1. The average molecular weight is 399 g/mol. The van der Waals surface area contributed by atoms with E-state index in [-0.39, 0.29) is 18.1 Å². The molecule has 29 heavy (non-hydrogen) atoms. The maximum atomic E-state index is 12.2. The zero-order chi connectivity index (χ0) is 20.8. The molecule has 2 aromatic rings. The first-order valence-electron chi connectivity index (χ1n) is 10.2. The summed E-state index contributed by atoms with van der Waals surface area (Å²) < 4.78 is 11.1. The molecule has 0 spiro atoms. The number of benzene rings is 2. The topological polar surface area (TPSA) is 64.0 Å². The number of hydrogen-bond acceptors (Lipinski definition) is 3. The van der Waals surface area contributed by atoms with Crippen LogP contribution in [0.1, 0.15) is 36.6 Å². The third-order valence-electron chi connectivity index (χ3n) is 5.61. The molecule has 1 aliphatic heterocycles. The number of methoxy groups -OCH3 is 2. The summed E-state index contributed by atoms with van der Waals surface area (Å²) in [7, 11) is 3.32. The van der Waals surface area contributed by atoms with Crippen LogP contribution in [0.25, 0.3) is 0 Å². The molecule has 3 atom stereocenters. The lowest BCUT2D eigenvalue weighted by Crippen LogP contribution is -3.13. The van der Waals surface area contributed by atoms with Crippen LogP contribution >= 0.6 is 0 Å². The van der Waals surface area contributed by atoms with Gasteiger partial charge in [-0.1, -0.05) is 30.3 Å². The minimum Gasteiger partial charge on any atom is -0.493 e. The van der Waals surface area contributed by atoms with Gasteiger partial charge < -0.3 is 25.0 Å². The summed E-state index contributed by atoms with van der Waals surface area (Å²) in [6.07, 6.45) is 0.961. The second-order valence-corrected chi connectivity index (χ2v) is 7.50. The van der Waals surface area contributed by atoms with Crippen LogP contribution in [-0.4, -0.2) is 39.4 Å². The molecule has 1 aliphatic rings. The maximum absolute atomic E-state index is 12.2. The quantitative estimate of drug-likeness (QED) is 0.669. The number of rotatable bonds is 7. The molecule has 0 aliphatic carbocycles. The van der Waals surface area contributed by atoms with Crippen molar-refractivity contribution in [2.24, 2.45) is 0 Å². The Morgan fingerprint density at radius 2 is 1.86 bits per heavy atom. The lowest BCUT2D eigenvalue weighted by atomic mass is 9.87. The summed E-state index contributed by atoms with van der Waals surface area (Å²) in [6, 6.07) is 14.6. The third-order valence-corrected chi connectivity index (χ3v) is 5.61. The molecule has 1 unspecified atom stereocenters. The van der Waals surface area contributed by atoms with E-state index in [0.29, 0.717) is 6.54 Å². The number of amides is 2. The van der Waals surface area contributed by atoms with Gasteiger partial charge in [0, 0.05) is 24.1 Å². The van der Waals surface area contributed by atoms with Crippen LogP contribution in [0.15, 0.2) is 42.5 Å². The molecular weight excluding hydrogens is 366 g/mol. The van der Waals surface area contributed by atoms with Crippen molar-refractivity contribution in [3.63, 3.8) is 0 Å². The van der Waals surface area contributed by atoms with E-state index < -0.39 is 0 Å². The van der Waals surface area contributed by atoms with Crippen LogP contribution in [0.4, 0.5) is 4.79 Å². The Kier molecular flexibility index (Phi) is 6.99.